The van der Waals surface area contributed by atoms with Crippen LogP contribution in [0.1, 0.15) is 37.5 Å². The van der Waals surface area contributed by atoms with Crippen molar-refractivity contribution in [3.8, 4) is 0 Å². The lowest BCUT2D eigenvalue weighted by Crippen LogP contribution is -2.65. The Hall–Kier alpha value is -3.48. The van der Waals surface area contributed by atoms with Crippen LogP contribution >= 0.6 is 22.6 Å². The van der Waals surface area contributed by atoms with E-state index in [1.165, 1.54) is 27.9 Å². The Kier molecular flexibility index (Phi) is 16.2. The molecule has 13 nitrogen and oxygen atoms in total. The summed E-state index contributed by atoms with van der Waals surface area (Å²) in [4.78, 5) is 36.5. The van der Waals surface area contributed by atoms with E-state index in [0.717, 1.165) is 16.7 Å². The smallest absolute Gasteiger partial charge is 0.303 e. The number of esters is 3. The third-order valence-corrected chi connectivity index (χ3v) is 10.0. The number of methoxy groups -OCH3 is 1. The van der Waals surface area contributed by atoms with Crippen LogP contribution in [-0.4, -0.2) is 97.5 Å². The Morgan fingerprint density at radius 3 is 1.57 bits per heavy atom. The molecule has 0 aromatic heterocycles. The van der Waals surface area contributed by atoms with Gasteiger partial charge in [0.05, 0.1) is 26.4 Å². The Morgan fingerprint density at radius 1 is 0.574 bits per heavy atom. The molecule has 3 aromatic rings. The Balaban J connectivity index is 1.50. The molecule has 0 radical (unpaired) electrons. The minimum absolute atomic E-state index is 0.0645. The van der Waals surface area contributed by atoms with Gasteiger partial charge in [-0.15, -0.1) is 0 Å². The lowest BCUT2D eigenvalue weighted by atomic mass is 9.97. The van der Waals surface area contributed by atoms with Crippen molar-refractivity contribution in [3.63, 3.8) is 0 Å². The largest absolute Gasteiger partial charge is 0.463 e. The molecular weight excluding hydrogens is 815 g/mol. The molecule has 2 saturated heterocycles. The second kappa shape index (κ2) is 21.0. The number of hydrogen-bond donors (Lipinski definition) is 0. The monoisotopic (exact) mass is 862 g/mol. The highest BCUT2D eigenvalue weighted by Crippen LogP contribution is 2.37. The Bertz CT molecular complexity index is 1600. The lowest BCUT2D eigenvalue weighted by Gasteiger charge is -2.49. The zero-order valence-corrected chi connectivity index (χ0v) is 32.8. The lowest BCUT2D eigenvalue weighted by molar-refractivity contribution is -0.350. The fourth-order valence-electron chi connectivity index (χ4n) is 6.26. The van der Waals surface area contributed by atoms with E-state index in [-0.39, 0.29) is 26.4 Å². The highest BCUT2D eigenvalue weighted by molar-refractivity contribution is 14.1. The summed E-state index contributed by atoms with van der Waals surface area (Å²) in [6.45, 7) is 4.21. The van der Waals surface area contributed by atoms with Gasteiger partial charge in [0.1, 0.15) is 41.1 Å². The molecule has 10 atom stereocenters. The van der Waals surface area contributed by atoms with E-state index < -0.39 is 77.1 Å². The highest BCUT2D eigenvalue weighted by Gasteiger charge is 2.54. The first kappa shape index (κ1) is 41.7. The maximum atomic E-state index is 12.4. The Labute approximate surface area is 328 Å². The van der Waals surface area contributed by atoms with Gasteiger partial charge in [-0.3, -0.25) is 14.4 Å². The number of rotatable bonds is 17. The fourth-order valence-corrected chi connectivity index (χ4v) is 7.15. The molecule has 2 heterocycles. The molecule has 0 saturated carbocycles. The van der Waals surface area contributed by atoms with Crippen molar-refractivity contribution in [2.24, 2.45) is 0 Å². The van der Waals surface area contributed by atoms with Gasteiger partial charge in [-0.25, -0.2) is 0 Å². The number of hydrogen-bond acceptors (Lipinski definition) is 13. The van der Waals surface area contributed by atoms with Gasteiger partial charge in [-0.2, -0.15) is 0 Å². The van der Waals surface area contributed by atoms with Crippen LogP contribution < -0.4 is 0 Å². The van der Waals surface area contributed by atoms with E-state index in [2.05, 4.69) is 22.6 Å². The normalized spacial score (nSPS) is 28.2. The standard InChI is InChI=1S/C40H47IO13/c1-25(42)47-24-32-34(50-26(2)43)36(51-27(3)44)33(41)39(52-32)54-35-31(23-46-20-28-14-8-5-9-15-28)53-40(45-4)38(49-22-30-18-12-7-13-19-30)37(35)48-21-29-16-10-6-11-17-29/h5-19,31-40H,20-24H2,1-4H3/t31-,32-,33+,34+,35-,36-,37+,38-,39-,40+/m1/s1. The molecule has 2 fully saturated rings. The molecule has 54 heavy (non-hydrogen) atoms. The maximum absolute atomic E-state index is 12.4. The van der Waals surface area contributed by atoms with Crippen molar-refractivity contribution in [2.45, 2.75) is 99.8 Å². The number of carbonyl (C=O) groups excluding carboxylic acids is 3. The second-order valence-electron chi connectivity index (χ2n) is 12.8. The van der Waals surface area contributed by atoms with Crippen LogP contribution in [0.2, 0.25) is 0 Å². The molecule has 2 aliphatic rings. The molecule has 5 rings (SSSR count). The second-order valence-corrected chi connectivity index (χ2v) is 14.3. The van der Waals surface area contributed by atoms with Gasteiger partial charge in [0.15, 0.2) is 24.8 Å². The molecule has 0 N–H and O–H groups in total. The van der Waals surface area contributed by atoms with Gasteiger partial charge < -0.3 is 47.4 Å². The fraction of sp³-hybridized carbons (Fsp3) is 0.475. The summed E-state index contributed by atoms with van der Waals surface area (Å²) in [5, 5.41) is 0. The van der Waals surface area contributed by atoms with E-state index in [4.69, 9.17) is 47.4 Å². The van der Waals surface area contributed by atoms with Crippen LogP contribution in [0.4, 0.5) is 0 Å². The van der Waals surface area contributed by atoms with Crippen molar-refractivity contribution < 1.29 is 61.8 Å². The van der Waals surface area contributed by atoms with Gasteiger partial charge in [-0.1, -0.05) is 114 Å². The highest BCUT2D eigenvalue weighted by atomic mass is 127. The molecule has 0 spiro atoms. The summed E-state index contributed by atoms with van der Waals surface area (Å²) in [6, 6.07) is 29.1. The Morgan fingerprint density at radius 2 is 1.06 bits per heavy atom. The summed E-state index contributed by atoms with van der Waals surface area (Å²) >= 11 is 2.05. The summed E-state index contributed by atoms with van der Waals surface area (Å²) in [5.74, 6) is -1.82. The first-order valence-electron chi connectivity index (χ1n) is 17.7. The molecule has 292 valence electrons. The molecule has 0 bridgehead atoms. The predicted molar refractivity (Wildman–Crippen MR) is 201 cm³/mol. The van der Waals surface area contributed by atoms with Crippen molar-refractivity contribution in [3.05, 3.63) is 108 Å². The number of halogens is 1. The zero-order chi connectivity index (χ0) is 38.5. The van der Waals surface area contributed by atoms with E-state index >= 15 is 0 Å². The molecule has 0 amide bonds. The summed E-state index contributed by atoms with van der Waals surface area (Å²) < 4.78 is 61.1. The summed E-state index contributed by atoms with van der Waals surface area (Å²) in [5.41, 5.74) is 2.81. The zero-order valence-electron chi connectivity index (χ0n) is 30.7. The first-order valence-corrected chi connectivity index (χ1v) is 18.9. The number of alkyl halides is 1. The van der Waals surface area contributed by atoms with E-state index in [1.54, 1.807) is 0 Å². The quantitative estimate of drug-likeness (QED) is 0.0771. The average molecular weight is 863 g/mol. The van der Waals surface area contributed by atoms with Crippen LogP contribution in [0.25, 0.3) is 0 Å². The van der Waals surface area contributed by atoms with Crippen LogP contribution in [0.15, 0.2) is 91.0 Å². The first-order chi connectivity index (χ1) is 26.1. The minimum Gasteiger partial charge on any atom is -0.463 e. The average Bonchev–Trinajstić information content (AvgIpc) is 3.16. The van der Waals surface area contributed by atoms with Crippen molar-refractivity contribution in [1.82, 2.24) is 0 Å². The minimum atomic E-state index is -1.12. The number of ether oxygens (including phenoxy) is 10. The SMILES string of the molecule is CO[C@H]1O[C@H](COCc2ccccc2)[C@@H](O[C@H]2O[C@H](COC(C)=O)[C@H](OC(C)=O)[C@H](OC(C)=O)[C@@H]2I)[C@H](OCc2ccccc2)[C@H]1OCc1ccccc1. The van der Waals surface area contributed by atoms with Gasteiger partial charge in [0.25, 0.3) is 0 Å². The third-order valence-electron chi connectivity index (χ3n) is 8.71. The predicted octanol–water partition coefficient (Wildman–Crippen LogP) is 5.09. The van der Waals surface area contributed by atoms with Gasteiger partial charge in [0.2, 0.25) is 0 Å². The third kappa shape index (κ3) is 12.0. The molecule has 0 unspecified atom stereocenters. The van der Waals surface area contributed by atoms with E-state index in [9.17, 15) is 14.4 Å². The van der Waals surface area contributed by atoms with Crippen molar-refractivity contribution >= 4 is 40.5 Å². The van der Waals surface area contributed by atoms with Crippen LogP contribution in [-0.2, 0) is 81.6 Å². The molecular formula is C40H47IO13. The number of benzene rings is 3. The summed E-state index contributed by atoms with van der Waals surface area (Å²) in [7, 11) is 1.53. The number of carbonyl (C=O) groups is 3. The van der Waals surface area contributed by atoms with Crippen LogP contribution in [0.5, 0.6) is 0 Å². The topological polar surface area (TPSA) is 144 Å². The van der Waals surface area contributed by atoms with E-state index in [1.807, 2.05) is 91.0 Å². The van der Waals surface area contributed by atoms with E-state index in [0.29, 0.717) is 6.61 Å². The van der Waals surface area contributed by atoms with Crippen molar-refractivity contribution in [2.75, 3.05) is 20.3 Å². The van der Waals surface area contributed by atoms with Gasteiger partial charge in [0, 0.05) is 27.9 Å². The maximum Gasteiger partial charge on any atom is 0.303 e. The van der Waals surface area contributed by atoms with Gasteiger partial charge in [-0.05, 0) is 16.7 Å². The molecule has 3 aromatic carbocycles. The summed E-state index contributed by atoms with van der Waals surface area (Å²) in [6.07, 6.45) is -8.54. The van der Waals surface area contributed by atoms with Crippen LogP contribution in [0.3, 0.4) is 0 Å². The van der Waals surface area contributed by atoms with Crippen molar-refractivity contribution in [1.29, 1.82) is 0 Å². The van der Waals surface area contributed by atoms with Crippen LogP contribution in [0, 0.1) is 0 Å². The molecule has 14 heteroatoms. The van der Waals surface area contributed by atoms with Gasteiger partial charge >= 0.3 is 17.9 Å². The molecule has 0 aliphatic carbocycles. The molecule has 2 aliphatic heterocycles.